The molecule has 6 rings (SSSR count). The molecule has 2 amide bonds. The van der Waals surface area contributed by atoms with Crippen LogP contribution in [0.5, 0.6) is 0 Å². The molecule has 42 heavy (non-hydrogen) atoms. The van der Waals surface area contributed by atoms with Crippen LogP contribution < -0.4 is 10.6 Å². The first kappa shape index (κ1) is 27.2. The molecule has 6 nitrogen and oxygen atoms in total. The van der Waals surface area contributed by atoms with E-state index in [2.05, 4.69) is 15.6 Å². The van der Waals surface area contributed by atoms with E-state index in [0.29, 0.717) is 24.1 Å². The number of nitrogens with one attached hydrogen (secondary N) is 2. The third-order valence-corrected chi connectivity index (χ3v) is 7.40. The standard InChI is InChI=1S/C32H23F4N3O3/c1-37-30(41)27-23-16-19(8-12-25(23)42-28(27)18-5-9-21(33)10-6-18)22-17-20(7-11-24(22)32(34,35)36)29(40)39-31(13-14-31)26-4-2-3-15-38-26/h2-12,15-17H,13-14H2,1H3,(H,37,41)(H,39,40). The molecule has 0 bridgehead atoms. The van der Waals surface area contributed by atoms with Crippen molar-refractivity contribution in [2.75, 3.05) is 7.05 Å². The van der Waals surface area contributed by atoms with Gasteiger partial charge in [-0.05, 0) is 90.7 Å². The number of carbonyl (C=O) groups excluding carboxylic acids is 2. The number of hydrogen-bond acceptors (Lipinski definition) is 4. The van der Waals surface area contributed by atoms with Crippen molar-refractivity contribution in [1.29, 1.82) is 0 Å². The van der Waals surface area contributed by atoms with Gasteiger partial charge in [0.15, 0.2) is 0 Å². The highest BCUT2D eigenvalue weighted by Gasteiger charge is 2.47. The van der Waals surface area contributed by atoms with Gasteiger partial charge >= 0.3 is 6.18 Å². The lowest BCUT2D eigenvalue weighted by molar-refractivity contribution is -0.137. The van der Waals surface area contributed by atoms with E-state index in [1.165, 1.54) is 55.6 Å². The first-order valence-corrected chi connectivity index (χ1v) is 13.1. The first-order chi connectivity index (χ1) is 20.1. The van der Waals surface area contributed by atoms with Crippen LogP contribution in [0.15, 0.2) is 89.5 Å². The molecule has 0 atom stereocenters. The number of rotatable bonds is 6. The fraction of sp³-hybridized carbons (Fsp3) is 0.156. The lowest BCUT2D eigenvalue weighted by atomic mass is 9.94. The Morgan fingerprint density at radius 3 is 2.29 bits per heavy atom. The third-order valence-electron chi connectivity index (χ3n) is 7.40. The molecule has 0 spiro atoms. The number of amides is 2. The maximum absolute atomic E-state index is 14.2. The average molecular weight is 574 g/mol. The zero-order chi connectivity index (χ0) is 29.6. The molecule has 0 radical (unpaired) electrons. The molecule has 5 aromatic rings. The van der Waals surface area contributed by atoms with Crippen molar-refractivity contribution in [3.63, 3.8) is 0 Å². The number of alkyl halides is 3. The minimum absolute atomic E-state index is 0.0472. The largest absolute Gasteiger partial charge is 0.455 e. The van der Waals surface area contributed by atoms with E-state index in [1.54, 1.807) is 18.3 Å². The summed E-state index contributed by atoms with van der Waals surface area (Å²) in [5.41, 5.74) is -0.188. The van der Waals surface area contributed by atoms with E-state index < -0.39 is 34.9 Å². The van der Waals surface area contributed by atoms with Crippen molar-refractivity contribution in [3.05, 3.63) is 113 Å². The lowest BCUT2D eigenvalue weighted by Gasteiger charge is -2.19. The SMILES string of the molecule is CNC(=O)c1c(-c2ccc(F)cc2)oc2ccc(-c3cc(C(=O)NC4(c5ccccn5)CC4)ccc3C(F)(F)F)cc12. The summed E-state index contributed by atoms with van der Waals surface area (Å²) in [6.07, 6.45) is -1.76. The first-order valence-electron chi connectivity index (χ1n) is 13.1. The van der Waals surface area contributed by atoms with Crippen LogP contribution in [0.1, 0.15) is 44.8 Å². The number of nitrogens with zero attached hydrogens (tertiary/aromatic N) is 1. The van der Waals surface area contributed by atoms with E-state index in [-0.39, 0.29) is 39.0 Å². The van der Waals surface area contributed by atoms with Gasteiger partial charge < -0.3 is 15.1 Å². The topological polar surface area (TPSA) is 84.2 Å². The summed E-state index contributed by atoms with van der Waals surface area (Å²) in [6.45, 7) is 0. The third kappa shape index (κ3) is 4.89. The quantitative estimate of drug-likeness (QED) is 0.212. The fourth-order valence-electron chi connectivity index (χ4n) is 5.10. The Kier molecular flexibility index (Phi) is 6.56. The molecule has 3 aromatic carbocycles. The second kappa shape index (κ2) is 10.1. The van der Waals surface area contributed by atoms with Crippen molar-refractivity contribution in [2.24, 2.45) is 0 Å². The van der Waals surface area contributed by atoms with Gasteiger partial charge in [-0.15, -0.1) is 0 Å². The van der Waals surface area contributed by atoms with Crippen molar-refractivity contribution >= 4 is 22.8 Å². The summed E-state index contributed by atoms with van der Waals surface area (Å²) in [6, 6.07) is 18.3. The number of halogens is 4. The maximum atomic E-state index is 14.2. The summed E-state index contributed by atoms with van der Waals surface area (Å²) in [5.74, 6) is -1.38. The van der Waals surface area contributed by atoms with Gasteiger partial charge in [-0.2, -0.15) is 13.2 Å². The molecule has 1 aliphatic carbocycles. The predicted molar refractivity (Wildman–Crippen MR) is 148 cm³/mol. The minimum Gasteiger partial charge on any atom is -0.455 e. The summed E-state index contributed by atoms with van der Waals surface area (Å²) in [4.78, 5) is 30.6. The van der Waals surface area contributed by atoms with Crippen LogP contribution in [0.2, 0.25) is 0 Å². The highest BCUT2D eigenvalue weighted by molar-refractivity contribution is 6.12. The van der Waals surface area contributed by atoms with Crippen LogP contribution in [-0.2, 0) is 11.7 Å². The zero-order valence-electron chi connectivity index (χ0n) is 22.2. The van der Waals surface area contributed by atoms with Gasteiger partial charge in [-0.1, -0.05) is 12.1 Å². The van der Waals surface area contributed by atoms with Gasteiger partial charge in [-0.3, -0.25) is 14.6 Å². The molecule has 10 heteroatoms. The molecular weight excluding hydrogens is 550 g/mol. The molecule has 2 aromatic heterocycles. The Hall–Kier alpha value is -4.99. The van der Waals surface area contributed by atoms with Gasteiger partial charge in [-0.25, -0.2) is 4.39 Å². The van der Waals surface area contributed by atoms with Crippen molar-refractivity contribution in [3.8, 4) is 22.5 Å². The molecule has 1 aliphatic rings. The Bertz CT molecular complexity index is 1830. The highest BCUT2D eigenvalue weighted by atomic mass is 19.4. The van der Waals surface area contributed by atoms with Crippen molar-refractivity contribution < 1.29 is 31.6 Å². The normalized spacial score (nSPS) is 14.0. The number of hydrogen-bond donors (Lipinski definition) is 2. The van der Waals surface area contributed by atoms with E-state index in [0.717, 1.165) is 12.1 Å². The smallest absolute Gasteiger partial charge is 0.417 e. The number of furan rings is 1. The number of fused-ring (bicyclic) bond motifs is 1. The van der Waals surface area contributed by atoms with Crippen LogP contribution >= 0.6 is 0 Å². The number of aromatic nitrogens is 1. The summed E-state index contributed by atoms with van der Waals surface area (Å²) in [5, 5.41) is 5.74. The fourth-order valence-corrected chi connectivity index (χ4v) is 5.10. The second-order valence-corrected chi connectivity index (χ2v) is 10.1. The van der Waals surface area contributed by atoms with Gasteiger partial charge in [0.05, 0.1) is 22.4 Å². The Balaban J connectivity index is 1.45. The Morgan fingerprint density at radius 1 is 0.905 bits per heavy atom. The molecule has 1 saturated carbocycles. The zero-order valence-corrected chi connectivity index (χ0v) is 22.2. The van der Waals surface area contributed by atoms with Crippen LogP contribution in [0.25, 0.3) is 33.4 Å². The van der Waals surface area contributed by atoms with Crippen molar-refractivity contribution in [1.82, 2.24) is 15.6 Å². The lowest BCUT2D eigenvalue weighted by Crippen LogP contribution is -2.35. The molecule has 2 N–H and O–H groups in total. The molecule has 2 heterocycles. The van der Waals surface area contributed by atoms with Gasteiger partial charge in [0.1, 0.15) is 17.2 Å². The minimum atomic E-state index is -4.72. The summed E-state index contributed by atoms with van der Waals surface area (Å²) >= 11 is 0. The molecule has 0 aliphatic heterocycles. The van der Waals surface area contributed by atoms with E-state index in [4.69, 9.17) is 4.42 Å². The van der Waals surface area contributed by atoms with Crippen LogP contribution in [0.3, 0.4) is 0 Å². The molecule has 0 unspecified atom stereocenters. The van der Waals surface area contributed by atoms with Crippen molar-refractivity contribution in [2.45, 2.75) is 24.6 Å². The monoisotopic (exact) mass is 573 g/mol. The number of carbonyl (C=O) groups is 2. The molecular formula is C32H23F4N3O3. The summed E-state index contributed by atoms with van der Waals surface area (Å²) in [7, 11) is 1.42. The second-order valence-electron chi connectivity index (χ2n) is 10.1. The van der Waals surface area contributed by atoms with Crippen LogP contribution in [0, 0.1) is 5.82 Å². The van der Waals surface area contributed by atoms with E-state index in [1.807, 2.05) is 6.07 Å². The predicted octanol–water partition coefficient (Wildman–Crippen LogP) is 7.10. The van der Waals surface area contributed by atoms with Gasteiger partial charge in [0.25, 0.3) is 11.8 Å². The molecule has 212 valence electrons. The Morgan fingerprint density at radius 2 is 1.64 bits per heavy atom. The maximum Gasteiger partial charge on any atom is 0.417 e. The number of pyridine rings is 1. The average Bonchev–Trinajstić information content (AvgIpc) is 3.67. The highest BCUT2D eigenvalue weighted by Crippen LogP contribution is 2.45. The van der Waals surface area contributed by atoms with Gasteiger partial charge in [0, 0.05) is 29.8 Å². The van der Waals surface area contributed by atoms with E-state index in [9.17, 15) is 27.2 Å². The van der Waals surface area contributed by atoms with Crippen LogP contribution in [0.4, 0.5) is 17.6 Å². The number of benzene rings is 3. The van der Waals surface area contributed by atoms with Crippen LogP contribution in [-0.4, -0.2) is 23.8 Å². The van der Waals surface area contributed by atoms with E-state index >= 15 is 0 Å². The molecule has 1 fully saturated rings. The summed E-state index contributed by atoms with van der Waals surface area (Å²) < 4.78 is 62.0. The Labute approximate surface area is 237 Å². The molecule has 0 saturated heterocycles. The van der Waals surface area contributed by atoms with Gasteiger partial charge in [0.2, 0.25) is 0 Å².